The van der Waals surface area contributed by atoms with Crippen molar-refractivity contribution in [1.82, 2.24) is 5.32 Å². The summed E-state index contributed by atoms with van der Waals surface area (Å²) >= 11 is 4.80. The second-order valence-electron chi connectivity index (χ2n) is 8.25. The van der Waals surface area contributed by atoms with Crippen molar-refractivity contribution in [1.29, 1.82) is 0 Å². The molecule has 29 heavy (non-hydrogen) atoms. The van der Waals surface area contributed by atoms with E-state index in [9.17, 15) is 4.79 Å². The van der Waals surface area contributed by atoms with E-state index in [2.05, 4.69) is 77.2 Å². The van der Waals surface area contributed by atoms with Gasteiger partial charge in [-0.1, -0.05) is 28.9 Å². The maximum absolute atomic E-state index is 12.4. The van der Waals surface area contributed by atoms with Gasteiger partial charge in [0.15, 0.2) is 5.17 Å². The maximum Gasteiger partial charge on any atom is 0.264 e. The molecule has 0 saturated carbocycles. The molecule has 1 amide bonds. The summed E-state index contributed by atoms with van der Waals surface area (Å²) < 4.78 is 1.00. The van der Waals surface area contributed by atoms with Gasteiger partial charge in [0.2, 0.25) is 0 Å². The van der Waals surface area contributed by atoms with E-state index in [-0.39, 0.29) is 11.4 Å². The van der Waals surface area contributed by atoms with Crippen molar-refractivity contribution in [2.24, 2.45) is 4.99 Å². The smallest absolute Gasteiger partial charge is 0.264 e. The molecule has 150 valence electrons. The number of halogens is 1. The van der Waals surface area contributed by atoms with Crippen LogP contribution in [0.5, 0.6) is 0 Å². The van der Waals surface area contributed by atoms with Gasteiger partial charge in [-0.25, -0.2) is 4.99 Å². The van der Waals surface area contributed by atoms with E-state index < -0.39 is 0 Å². The highest BCUT2D eigenvalue weighted by atomic mass is 79.9. The van der Waals surface area contributed by atoms with Crippen LogP contribution >= 0.6 is 27.7 Å². The number of rotatable bonds is 2. The summed E-state index contributed by atoms with van der Waals surface area (Å²) in [5, 5.41) is 3.47. The Morgan fingerprint density at radius 1 is 1.24 bits per heavy atom. The van der Waals surface area contributed by atoms with Gasteiger partial charge in [-0.3, -0.25) is 4.79 Å². The molecule has 0 bridgehead atoms. The molecule has 1 saturated heterocycles. The maximum atomic E-state index is 12.4. The van der Waals surface area contributed by atoms with Gasteiger partial charge in [0.25, 0.3) is 5.91 Å². The van der Waals surface area contributed by atoms with Crippen molar-refractivity contribution in [2.45, 2.75) is 38.6 Å². The molecule has 0 aromatic heterocycles. The summed E-state index contributed by atoms with van der Waals surface area (Å²) in [6, 6.07) is 14.2. The molecule has 2 aliphatic heterocycles. The summed E-state index contributed by atoms with van der Waals surface area (Å²) in [5.74, 6) is 0.379. The number of hydrogen-bond donors (Lipinski definition) is 1. The van der Waals surface area contributed by atoms with Crippen LogP contribution in [-0.4, -0.2) is 23.7 Å². The van der Waals surface area contributed by atoms with Crippen LogP contribution in [0.1, 0.15) is 44.2 Å². The van der Waals surface area contributed by atoms with E-state index in [1.807, 2.05) is 30.3 Å². The first kappa shape index (κ1) is 20.2. The summed E-state index contributed by atoms with van der Waals surface area (Å²) in [4.78, 5) is 20.0. The summed E-state index contributed by atoms with van der Waals surface area (Å²) in [6.07, 6.45) is 3.06. The van der Waals surface area contributed by atoms with E-state index in [0.717, 1.165) is 22.1 Å². The Labute approximate surface area is 184 Å². The molecule has 4 nitrogen and oxygen atoms in total. The lowest BCUT2D eigenvalue weighted by molar-refractivity contribution is -0.115. The summed E-state index contributed by atoms with van der Waals surface area (Å²) in [6.45, 7) is 6.85. The molecule has 2 aliphatic rings. The fraction of sp³-hybridized carbons (Fsp3) is 0.304. The highest BCUT2D eigenvalue weighted by Crippen LogP contribution is 2.43. The van der Waals surface area contributed by atoms with Gasteiger partial charge >= 0.3 is 0 Å². The lowest BCUT2D eigenvalue weighted by Gasteiger charge is -2.45. The molecule has 0 spiro atoms. The topological polar surface area (TPSA) is 44.7 Å². The fourth-order valence-corrected chi connectivity index (χ4v) is 5.06. The molecule has 4 rings (SSSR count). The molecule has 0 aliphatic carbocycles. The van der Waals surface area contributed by atoms with Crippen LogP contribution in [0.2, 0.25) is 0 Å². The van der Waals surface area contributed by atoms with Gasteiger partial charge in [0.1, 0.15) is 0 Å². The van der Waals surface area contributed by atoms with Crippen molar-refractivity contribution in [3.05, 3.63) is 63.0 Å². The quantitative estimate of drug-likeness (QED) is 0.543. The van der Waals surface area contributed by atoms with Crippen LogP contribution in [-0.2, 0) is 4.79 Å². The first-order valence-electron chi connectivity index (χ1n) is 9.66. The standard InChI is InChI=1S/C23H24BrN3OS/c1-14-13-23(2,3)27(4)19-10-5-15(11-18(14)19)12-20-21(28)26-22(29-20)25-17-8-6-16(24)7-9-17/h5-12,14H,13H2,1-4H3,(H,25,26,28)/b20-12-/t14-/m1/s1. The van der Waals surface area contributed by atoms with Gasteiger partial charge in [0, 0.05) is 22.7 Å². The van der Waals surface area contributed by atoms with Gasteiger partial charge in [-0.15, -0.1) is 0 Å². The van der Waals surface area contributed by atoms with E-state index in [1.54, 1.807) is 0 Å². The van der Waals surface area contributed by atoms with E-state index >= 15 is 0 Å². The largest absolute Gasteiger partial charge is 0.369 e. The van der Waals surface area contributed by atoms with Gasteiger partial charge in [-0.2, -0.15) is 0 Å². The minimum atomic E-state index is -0.102. The zero-order valence-electron chi connectivity index (χ0n) is 17.0. The number of fused-ring (bicyclic) bond motifs is 1. The number of aliphatic imine (C=N–C) groups is 1. The highest BCUT2D eigenvalue weighted by molar-refractivity contribution is 9.10. The highest BCUT2D eigenvalue weighted by Gasteiger charge is 2.34. The molecule has 2 aromatic rings. The number of nitrogens with zero attached hydrogens (tertiary/aromatic N) is 2. The number of carbonyl (C=O) groups is 1. The second-order valence-corrected chi connectivity index (χ2v) is 10.2. The lowest BCUT2D eigenvalue weighted by atomic mass is 9.80. The predicted octanol–water partition coefficient (Wildman–Crippen LogP) is 6.06. The van der Waals surface area contributed by atoms with E-state index in [1.165, 1.54) is 23.0 Å². The predicted molar refractivity (Wildman–Crippen MR) is 127 cm³/mol. The molecule has 1 atom stereocenters. The number of thioether (sulfide) groups is 1. The van der Waals surface area contributed by atoms with Gasteiger partial charge in [0.05, 0.1) is 10.6 Å². The number of benzene rings is 2. The van der Waals surface area contributed by atoms with Crippen molar-refractivity contribution < 1.29 is 4.79 Å². The molecular weight excluding hydrogens is 446 g/mol. The zero-order chi connectivity index (χ0) is 20.8. The Balaban J connectivity index is 1.59. The molecule has 0 radical (unpaired) electrons. The average Bonchev–Trinajstić information content (AvgIpc) is 3.00. The Morgan fingerprint density at radius 3 is 2.69 bits per heavy atom. The Hall–Kier alpha value is -2.05. The molecule has 2 aromatic carbocycles. The monoisotopic (exact) mass is 469 g/mol. The summed E-state index contributed by atoms with van der Waals surface area (Å²) in [7, 11) is 2.16. The zero-order valence-corrected chi connectivity index (χ0v) is 19.4. The molecule has 6 heteroatoms. The van der Waals surface area contributed by atoms with Gasteiger partial charge < -0.3 is 10.2 Å². The Bertz CT molecular complexity index is 1030. The number of nitrogens with one attached hydrogen (secondary N) is 1. The van der Waals surface area contributed by atoms with Crippen molar-refractivity contribution in [3.63, 3.8) is 0 Å². The van der Waals surface area contributed by atoms with Crippen LogP contribution in [0.15, 0.2) is 56.8 Å². The van der Waals surface area contributed by atoms with Crippen molar-refractivity contribution in [3.8, 4) is 0 Å². The fourth-order valence-electron chi connectivity index (χ4n) is 3.95. The Kier molecular flexibility index (Phi) is 5.34. The van der Waals surface area contributed by atoms with Crippen LogP contribution < -0.4 is 10.2 Å². The number of amidine groups is 1. The second kappa shape index (κ2) is 7.65. The van der Waals surface area contributed by atoms with Crippen LogP contribution in [0.4, 0.5) is 11.4 Å². The van der Waals surface area contributed by atoms with Crippen LogP contribution in [0.25, 0.3) is 6.08 Å². The first-order chi connectivity index (χ1) is 13.7. The SMILES string of the molecule is C[C@@H]1CC(C)(C)N(C)c2ccc(/C=C3\SC(=Nc4ccc(Br)cc4)NC3=O)cc21. The molecule has 0 unspecified atom stereocenters. The normalized spacial score (nSPS) is 23.4. The first-order valence-corrected chi connectivity index (χ1v) is 11.3. The van der Waals surface area contributed by atoms with Gasteiger partial charge in [-0.05, 0) is 91.5 Å². The third-order valence-electron chi connectivity index (χ3n) is 5.66. The van der Waals surface area contributed by atoms with Crippen molar-refractivity contribution in [2.75, 3.05) is 11.9 Å². The molecule has 1 N–H and O–H groups in total. The minimum Gasteiger partial charge on any atom is -0.369 e. The number of carbonyl (C=O) groups excluding carboxylic acids is 1. The van der Waals surface area contributed by atoms with E-state index in [0.29, 0.717) is 16.0 Å². The average molecular weight is 470 g/mol. The lowest BCUT2D eigenvalue weighted by Crippen LogP contribution is -2.45. The number of anilines is 1. The number of amides is 1. The van der Waals surface area contributed by atoms with Crippen LogP contribution in [0, 0.1) is 0 Å². The third kappa shape index (κ3) is 4.14. The van der Waals surface area contributed by atoms with Crippen LogP contribution in [0.3, 0.4) is 0 Å². The molecule has 2 heterocycles. The number of hydrogen-bond acceptors (Lipinski definition) is 4. The van der Waals surface area contributed by atoms with Crippen molar-refractivity contribution >= 4 is 56.2 Å². The minimum absolute atomic E-state index is 0.102. The molecule has 1 fully saturated rings. The summed E-state index contributed by atoms with van der Waals surface area (Å²) in [5.41, 5.74) is 4.62. The van der Waals surface area contributed by atoms with E-state index in [4.69, 9.17) is 0 Å². The molecular formula is C23H24BrN3OS. The third-order valence-corrected chi connectivity index (χ3v) is 7.10. The Morgan fingerprint density at radius 2 is 1.97 bits per heavy atom.